The molecule has 0 saturated carbocycles. The third kappa shape index (κ3) is 9.13. The average molecular weight is 1170 g/mol. The second-order valence-electron chi connectivity index (χ2n) is 28.3. The van der Waals surface area contributed by atoms with Gasteiger partial charge in [-0.25, -0.2) is 0 Å². The molecular weight excluding hydrogens is 1090 g/mol. The third-order valence-electron chi connectivity index (χ3n) is 20.6. The SMILES string of the molecule is CCCc1cc(N(c2ccc3c(c2)c2ccccc2n3-c2ccc(C(C)(C)C)cc2)c2cccc3c2CCCC3)c2ccc3c(CCC)cc(N(c4ccc5c(c4)c4ccccc4n5-c4ccc(C(C)(C)C)cc4)c4cccc5c4CCCC5)c4ccc1c2c34. The van der Waals surface area contributed by atoms with Gasteiger partial charge in [-0.3, -0.25) is 0 Å². The van der Waals surface area contributed by atoms with Gasteiger partial charge in [0.05, 0.1) is 33.4 Å². The third-order valence-corrected chi connectivity index (χ3v) is 20.6. The van der Waals surface area contributed by atoms with Crippen LogP contribution in [-0.4, -0.2) is 9.13 Å². The van der Waals surface area contributed by atoms with Crippen LogP contribution < -0.4 is 9.80 Å². The first-order valence-electron chi connectivity index (χ1n) is 33.7. The number of benzene rings is 12. The monoisotopic (exact) mass is 1170 g/mol. The van der Waals surface area contributed by atoms with E-state index in [9.17, 15) is 0 Å². The number of anilines is 6. The van der Waals surface area contributed by atoms with Gasteiger partial charge in [0.25, 0.3) is 0 Å². The van der Waals surface area contributed by atoms with Crippen molar-refractivity contribution in [2.24, 2.45) is 0 Å². The molecule has 4 heteroatoms. The zero-order chi connectivity index (χ0) is 61.2. The van der Waals surface area contributed by atoms with Crippen molar-refractivity contribution in [2.75, 3.05) is 9.80 Å². The normalized spacial score (nSPS) is 13.8. The van der Waals surface area contributed by atoms with Crippen LogP contribution in [-0.2, 0) is 49.4 Å². The Bertz CT molecular complexity index is 4790. The van der Waals surface area contributed by atoms with Gasteiger partial charge in [0.2, 0.25) is 0 Å². The lowest BCUT2D eigenvalue weighted by atomic mass is 9.85. The molecule has 90 heavy (non-hydrogen) atoms. The van der Waals surface area contributed by atoms with Crippen molar-refractivity contribution in [2.45, 2.75) is 143 Å². The Hall–Kier alpha value is -9.12. The summed E-state index contributed by atoms with van der Waals surface area (Å²) < 4.78 is 4.96. The van der Waals surface area contributed by atoms with Gasteiger partial charge in [-0.1, -0.05) is 177 Å². The minimum atomic E-state index is 0.0686. The van der Waals surface area contributed by atoms with Crippen LogP contribution in [0.2, 0.25) is 0 Å². The molecule has 0 spiro atoms. The lowest BCUT2D eigenvalue weighted by Gasteiger charge is -2.33. The molecule has 2 aliphatic carbocycles. The van der Waals surface area contributed by atoms with Crippen LogP contribution in [0.1, 0.15) is 138 Å². The largest absolute Gasteiger partial charge is 0.310 e. The molecule has 16 rings (SSSR count). The van der Waals surface area contributed by atoms with Crippen LogP contribution >= 0.6 is 0 Å². The van der Waals surface area contributed by atoms with E-state index in [-0.39, 0.29) is 10.8 Å². The van der Waals surface area contributed by atoms with Gasteiger partial charge >= 0.3 is 0 Å². The number of fused-ring (bicyclic) bond motifs is 8. The number of nitrogens with zero attached hydrogens (tertiary/aromatic N) is 4. The number of aromatic nitrogens is 2. The molecule has 0 unspecified atom stereocenters. The molecule has 4 nitrogen and oxygen atoms in total. The first-order valence-corrected chi connectivity index (χ1v) is 33.7. The quantitative estimate of drug-likeness (QED) is 0.113. The molecule has 2 heterocycles. The minimum absolute atomic E-state index is 0.0686. The summed E-state index contributed by atoms with van der Waals surface area (Å²) in [5.74, 6) is 0. The van der Waals surface area contributed by atoms with E-state index >= 15 is 0 Å². The van der Waals surface area contributed by atoms with E-state index in [0.717, 1.165) is 51.4 Å². The molecule has 14 aromatic rings. The van der Waals surface area contributed by atoms with Crippen LogP contribution in [0.15, 0.2) is 206 Å². The summed E-state index contributed by atoms with van der Waals surface area (Å²) >= 11 is 0. The number of rotatable bonds is 12. The summed E-state index contributed by atoms with van der Waals surface area (Å²) in [5.41, 5.74) is 26.3. The van der Waals surface area contributed by atoms with Crippen molar-refractivity contribution >= 4 is 110 Å². The predicted molar refractivity (Wildman–Crippen MR) is 387 cm³/mol. The van der Waals surface area contributed by atoms with Crippen LogP contribution in [0.5, 0.6) is 0 Å². The van der Waals surface area contributed by atoms with Gasteiger partial charge in [0.1, 0.15) is 0 Å². The summed E-state index contributed by atoms with van der Waals surface area (Å²) in [6.45, 7) is 18.5. The van der Waals surface area contributed by atoms with Gasteiger partial charge in [0.15, 0.2) is 0 Å². The highest BCUT2D eigenvalue weighted by Gasteiger charge is 2.30. The van der Waals surface area contributed by atoms with Crippen molar-refractivity contribution in [1.29, 1.82) is 0 Å². The fourth-order valence-corrected chi connectivity index (χ4v) is 16.2. The Kier molecular flexibility index (Phi) is 13.6. The van der Waals surface area contributed by atoms with Crippen LogP contribution in [0, 0.1) is 0 Å². The molecule has 12 aromatic carbocycles. The Morgan fingerprint density at radius 1 is 0.333 bits per heavy atom. The second kappa shape index (κ2) is 21.8. The number of hydrogen-bond acceptors (Lipinski definition) is 2. The maximum atomic E-state index is 2.69. The molecule has 0 radical (unpaired) electrons. The number of aryl methyl sites for hydroxylation is 4. The van der Waals surface area contributed by atoms with E-state index in [1.807, 2.05) is 0 Å². The topological polar surface area (TPSA) is 16.3 Å². The van der Waals surface area contributed by atoms with Crippen molar-refractivity contribution in [3.05, 3.63) is 251 Å². The van der Waals surface area contributed by atoms with Gasteiger partial charge in [-0.2, -0.15) is 0 Å². The Labute approximate surface area is 531 Å². The van der Waals surface area contributed by atoms with E-state index in [0.29, 0.717) is 0 Å². The fourth-order valence-electron chi connectivity index (χ4n) is 16.2. The predicted octanol–water partition coefficient (Wildman–Crippen LogP) is 24.0. The maximum Gasteiger partial charge on any atom is 0.0543 e. The van der Waals surface area contributed by atoms with E-state index in [1.165, 1.54) is 192 Å². The molecule has 0 bridgehead atoms. The fraction of sp³-hybridized carbons (Fsp3) is 0.256. The molecule has 0 atom stereocenters. The Morgan fingerprint density at radius 3 is 1.13 bits per heavy atom. The van der Waals surface area contributed by atoms with E-state index < -0.39 is 0 Å². The van der Waals surface area contributed by atoms with Gasteiger partial charge < -0.3 is 18.9 Å². The molecule has 0 N–H and O–H groups in total. The van der Waals surface area contributed by atoms with Crippen LogP contribution in [0.4, 0.5) is 34.1 Å². The second-order valence-corrected chi connectivity index (χ2v) is 28.3. The van der Waals surface area contributed by atoms with Gasteiger partial charge in [-0.05, 0) is 238 Å². The first-order chi connectivity index (χ1) is 43.8. The highest BCUT2D eigenvalue weighted by Crippen LogP contribution is 2.53. The average Bonchev–Trinajstić information content (AvgIpc) is 0.742. The standard InChI is InChI=1S/C86H82N4/c1-9-21-57-51-81(89(75-33-19-25-55-23-11-13-27-65(55)75)63-43-49-79-73(53-63)69-29-15-17-31-77(69)87(79)61-39-35-59(36-40-61)85(3,4)5)71-48-46-68-58(22-10-2)52-82(72-47-45-67(57)83(71)84(68)72)90(76-34-20-26-56-24-12-14-28-66(56)76)64-44-50-80-74(54-64)70-30-16-18-32-78(70)88(80)62-41-37-60(38-42-62)86(6,7)8/h15-20,25-26,29-54H,9-14,21-24,27-28H2,1-8H3. The molecule has 446 valence electrons. The maximum absolute atomic E-state index is 2.69. The highest BCUT2D eigenvalue weighted by atomic mass is 15.2. The molecule has 0 aliphatic heterocycles. The molecular formula is C86H82N4. The Morgan fingerprint density at radius 2 is 0.722 bits per heavy atom. The van der Waals surface area contributed by atoms with Crippen molar-refractivity contribution in [3.8, 4) is 11.4 Å². The molecule has 0 fully saturated rings. The van der Waals surface area contributed by atoms with E-state index in [1.54, 1.807) is 0 Å². The van der Waals surface area contributed by atoms with Crippen molar-refractivity contribution in [1.82, 2.24) is 9.13 Å². The zero-order valence-corrected chi connectivity index (χ0v) is 53.9. The highest BCUT2D eigenvalue weighted by molar-refractivity contribution is 6.30. The number of hydrogen-bond donors (Lipinski definition) is 0. The number of para-hydroxylation sites is 2. The van der Waals surface area contributed by atoms with Crippen molar-refractivity contribution < 1.29 is 0 Å². The van der Waals surface area contributed by atoms with E-state index in [4.69, 9.17) is 0 Å². The summed E-state index contributed by atoms with van der Waals surface area (Å²) in [6.07, 6.45) is 13.3. The van der Waals surface area contributed by atoms with E-state index in [2.05, 4.69) is 281 Å². The minimum Gasteiger partial charge on any atom is -0.310 e. The summed E-state index contributed by atoms with van der Waals surface area (Å²) in [6, 6.07) is 80.9. The summed E-state index contributed by atoms with van der Waals surface area (Å²) in [4.78, 5) is 5.39. The smallest absolute Gasteiger partial charge is 0.0543 e. The molecule has 0 saturated heterocycles. The molecule has 2 aliphatic rings. The lowest BCUT2D eigenvalue weighted by Crippen LogP contribution is -2.17. The van der Waals surface area contributed by atoms with Crippen molar-refractivity contribution in [3.63, 3.8) is 0 Å². The van der Waals surface area contributed by atoms with Crippen LogP contribution in [0.25, 0.3) is 87.3 Å². The summed E-state index contributed by atoms with van der Waals surface area (Å²) in [7, 11) is 0. The molecule has 2 aromatic heterocycles. The Balaban J connectivity index is 0.956. The van der Waals surface area contributed by atoms with Gasteiger partial charge in [0, 0.05) is 66.4 Å². The summed E-state index contributed by atoms with van der Waals surface area (Å²) in [5, 5.41) is 13.1. The lowest BCUT2D eigenvalue weighted by molar-refractivity contribution is 0.590. The molecule has 0 amide bonds. The first kappa shape index (κ1) is 56.1. The van der Waals surface area contributed by atoms with Gasteiger partial charge in [-0.15, -0.1) is 0 Å². The van der Waals surface area contributed by atoms with Crippen LogP contribution in [0.3, 0.4) is 0 Å². The zero-order valence-electron chi connectivity index (χ0n) is 53.9.